The molecule has 9 aromatic rings. The van der Waals surface area contributed by atoms with Crippen LogP contribution in [-0.4, -0.2) is 0 Å². The largest absolute Gasteiger partial charge is 0.455 e. The zero-order valence-corrected chi connectivity index (χ0v) is 21.7. The lowest BCUT2D eigenvalue weighted by molar-refractivity contribution is 0.670. The Morgan fingerprint density at radius 1 is 0.415 bits per heavy atom. The molecule has 0 bridgehead atoms. The Hall–Kier alpha value is -5.40. The Labute approximate surface area is 246 Å². The van der Waals surface area contributed by atoms with E-state index in [1.54, 1.807) is 0 Å². The maximum atomic E-state index is 9.18. The fourth-order valence-corrected chi connectivity index (χ4v) is 6.45. The lowest BCUT2D eigenvalue weighted by Gasteiger charge is -2.18. The van der Waals surface area contributed by atoms with Crippen LogP contribution in [0.1, 0.15) is 9.60 Å². The molecule has 41 heavy (non-hydrogen) atoms. The molecule has 1 heteroatoms. The average molecular weight is 528 g/mol. The van der Waals surface area contributed by atoms with Crippen LogP contribution < -0.4 is 0 Å². The predicted molar refractivity (Wildman–Crippen MR) is 175 cm³/mol. The minimum Gasteiger partial charge on any atom is -0.455 e. The molecule has 0 radical (unpaired) electrons. The van der Waals surface area contributed by atoms with Gasteiger partial charge in [-0.1, -0.05) is 139 Å². The van der Waals surface area contributed by atoms with Crippen molar-refractivity contribution < 1.29 is 14.0 Å². The van der Waals surface area contributed by atoms with Crippen molar-refractivity contribution in [3.63, 3.8) is 0 Å². The fourth-order valence-electron chi connectivity index (χ4n) is 6.45. The number of furan rings is 1. The third kappa shape index (κ3) is 3.18. The summed E-state index contributed by atoms with van der Waals surface area (Å²) in [5, 5.41) is 7.52. The molecule has 1 nitrogen and oxygen atoms in total. The van der Waals surface area contributed by atoms with E-state index in [0.717, 1.165) is 65.4 Å². The predicted octanol–water partition coefficient (Wildman–Crippen LogP) is 11.5. The van der Waals surface area contributed by atoms with E-state index in [1.165, 1.54) is 0 Å². The highest BCUT2D eigenvalue weighted by Gasteiger charge is 2.21. The van der Waals surface area contributed by atoms with E-state index in [-0.39, 0.29) is 46.5 Å². The van der Waals surface area contributed by atoms with Gasteiger partial charge in [0.05, 0.1) is 9.60 Å². The van der Waals surface area contributed by atoms with Crippen LogP contribution in [0.25, 0.3) is 87.3 Å². The van der Waals surface area contributed by atoms with Crippen molar-refractivity contribution in [2.24, 2.45) is 0 Å². The maximum Gasteiger partial charge on any atom is 0.143 e. The Morgan fingerprint density at radius 2 is 1.02 bits per heavy atom. The van der Waals surface area contributed by atoms with Crippen LogP contribution in [0.4, 0.5) is 0 Å². The summed E-state index contributed by atoms with van der Waals surface area (Å²) in [4.78, 5) is 0. The molecule has 0 N–H and O–H groups in total. The van der Waals surface area contributed by atoms with Crippen molar-refractivity contribution >= 4 is 65.0 Å². The van der Waals surface area contributed by atoms with Gasteiger partial charge < -0.3 is 4.42 Å². The number of hydrogen-bond acceptors (Lipinski definition) is 1. The van der Waals surface area contributed by atoms with Crippen molar-refractivity contribution in [2.45, 2.75) is 0 Å². The summed E-state index contributed by atoms with van der Waals surface area (Å²) in [5.41, 5.74) is 4.16. The van der Waals surface area contributed by atoms with Crippen LogP contribution in [0.2, 0.25) is 0 Å². The summed E-state index contributed by atoms with van der Waals surface area (Å²) in [5.74, 6) is 0. The zero-order valence-electron chi connectivity index (χ0n) is 28.7. The van der Waals surface area contributed by atoms with Gasteiger partial charge in [0, 0.05) is 21.9 Å². The topological polar surface area (TPSA) is 13.1 Å². The molecular weight excluding hydrogens is 496 g/mol. The summed E-state index contributed by atoms with van der Waals surface area (Å²) in [6.07, 6.45) is 0. The van der Waals surface area contributed by atoms with Crippen LogP contribution in [0, 0.1) is 0 Å². The average Bonchev–Trinajstić information content (AvgIpc) is 3.51. The molecule has 0 amide bonds. The van der Waals surface area contributed by atoms with Gasteiger partial charge in [-0.3, -0.25) is 0 Å². The van der Waals surface area contributed by atoms with E-state index < -0.39 is 12.1 Å². The van der Waals surface area contributed by atoms with Crippen LogP contribution in [0.5, 0.6) is 0 Å². The molecule has 0 atom stereocenters. The summed E-state index contributed by atoms with van der Waals surface area (Å²) in [6, 6.07) is 31.5. The monoisotopic (exact) mass is 527 g/mol. The Bertz CT molecular complexity index is 2810. The quantitative estimate of drug-likeness (QED) is 0.204. The van der Waals surface area contributed by atoms with Gasteiger partial charge in [-0.05, 0) is 60.3 Å². The van der Waals surface area contributed by atoms with Crippen molar-refractivity contribution in [1.82, 2.24) is 0 Å². The minimum absolute atomic E-state index is 0.0616. The van der Waals surface area contributed by atoms with Crippen molar-refractivity contribution in [3.8, 4) is 22.3 Å². The minimum atomic E-state index is -0.471. The number of hydrogen-bond donors (Lipinski definition) is 0. The van der Waals surface area contributed by atoms with Gasteiger partial charge >= 0.3 is 0 Å². The van der Waals surface area contributed by atoms with E-state index in [9.17, 15) is 1.37 Å². The van der Waals surface area contributed by atoms with Crippen LogP contribution >= 0.6 is 0 Å². The van der Waals surface area contributed by atoms with Crippen LogP contribution in [0.3, 0.4) is 0 Å². The standard InChI is InChI=1S/C40H24O/c1-3-14-27-25(11-1)13-9-20-29(27)37-30-16-5-7-18-32(30)38(33-19-8-6-17-31(33)37)34-21-10-22-35-39-28-15-4-2-12-26(28)23-24-36(39)41-40(34)35/h1-24H/i1D,3D,9D,11D,13D,14D,20D. The molecule has 0 aliphatic heterocycles. The number of fused-ring (bicyclic) bond motifs is 8. The van der Waals surface area contributed by atoms with E-state index in [4.69, 9.17) is 12.6 Å². The summed E-state index contributed by atoms with van der Waals surface area (Å²) in [7, 11) is 0. The van der Waals surface area contributed by atoms with Gasteiger partial charge in [-0.25, -0.2) is 0 Å². The van der Waals surface area contributed by atoms with Crippen LogP contribution in [0.15, 0.2) is 150 Å². The highest BCUT2D eigenvalue weighted by Crippen LogP contribution is 2.47. The smallest absolute Gasteiger partial charge is 0.143 e. The fraction of sp³-hybridized carbons (Fsp3) is 0. The molecular formula is C40H24O. The number of para-hydroxylation sites is 1. The highest BCUT2D eigenvalue weighted by molar-refractivity contribution is 6.27. The first-order valence-corrected chi connectivity index (χ1v) is 13.5. The molecule has 0 saturated heterocycles. The van der Waals surface area contributed by atoms with E-state index >= 15 is 0 Å². The van der Waals surface area contributed by atoms with Crippen molar-refractivity contribution in [1.29, 1.82) is 0 Å². The molecule has 9 rings (SSSR count). The van der Waals surface area contributed by atoms with Gasteiger partial charge in [0.2, 0.25) is 0 Å². The first-order chi connectivity index (χ1) is 23.3. The van der Waals surface area contributed by atoms with Gasteiger partial charge in [0.1, 0.15) is 11.2 Å². The Kier molecular flexibility index (Phi) is 3.47. The first-order valence-electron chi connectivity index (χ1n) is 17.0. The molecule has 0 fully saturated rings. The van der Waals surface area contributed by atoms with E-state index in [0.29, 0.717) is 5.56 Å². The molecule has 0 spiro atoms. The molecule has 1 heterocycles. The third-order valence-corrected chi connectivity index (χ3v) is 8.15. The number of benzene rings is 8. The van der Waals surface area contributed by atoms with E-state index in [2.05, 4.69) is 30.3 Å². The summed E-state index contributed by atoms with van der Waals surface area (Å²) >= 11 is 0. The molecule has 0 aliphatic rings. The molecule has 8 aromatic carbocycles. The van der Waals surface area contributed by atoms with Crippen molar-refractivity contribution in [2.75, 3.05) is 0 Å². The second kappa shape index (κ2) is 8.55. The van der Waals surface area contributed by atoms with Gasteiger partial charge in [-0.2, -0.15) is 0 Å². The van der Waals surface area contributed by atoms with Gasteiger partial charge in [-0.15, -0.1) is 0 Å². The molecule has 190 valence electrons. The first kappa shape index (κ1) is 16.6. The lowest BCUT2D eigenvalue weighted by Crippen LogP contribution is -1.91. The number of rotatable bonds is 2. The van der Waals surface area contributed by atoms with Crippen molar-refractivity contribution in [3.05, 3.63) is 145 Å². The Balaban J connectivity index is 1.48. The third-order valence-electron chi connectivity index (χ3n) is 8.15. The lowest BCUT2D eigenvalue weighted by atomic mass is 9.84. The second-order valence-corrected chi connectivity index (χ2v) is 10.3. The SMILES string of the molecule is [2H]c1c([2H])c([2H])c2c(-c3c4ccccc4c(-c4cccc5c4oc4ccc6ccccc6c45)c4ccccc34)c([2H])c([2H])c([2H])c2c1[2H]. The zero-order chi connectivity index (χ0) is 33.0. The summed E-state index contributed by atoms with van der Waals surface area (Å²) < 4.78 is 67.7. The van der Waals surface area contributed by atoms with Gasteiger partial charge in [0.25, 0.3) is 0 Å². The summed E-state index contributed by atoms with van der Waals surface area (Å²) in [6.45, 7) is 0. The maximum absolute atomic E-state index is 9.18. The second-order valence-electron chi connectivity index (χ2n) is 10.3. The van der Waals surface area contributed by atoms with E-state index in [1.807, 2.05) is 72.8 Å². The Morgan fingerprint density at radius 3 is 1.78 bits per heavy atom. The molecule has 0 unspecified atom stereocenters. The molecule has 1 aromatic heterocycles. The molecule has 0 aliphatic carbocycles. The normalized spacial score (nSPS) is 14.3. The highest BCUT2D eigenvalue weighted by atomic mass is 16.3. The molecule has 0 saturated carbocycles. The van der Waals surface area contributed by atoms with Gasteiger partial charge in [0.15, 0.2) is 0 Å². The van der Waals surface area contributed by atoms with Crippen LogP contribution in [-0.2, 0) is 0 Å².